The highest BCUT2D eigenvalue weighted by molar-refractivity contribution is 7.91. The number of nitrogens with zero attached hydrogens (tertiary/aromatic N) is 1. The van der Waals surface area contributed by atoms with Crippen LogP contribution in [0.2, 0.25) is 0 Å². The molecule has 2 heterocycles. The Morgan fingerprint density at radius 2 is 2.00 bits per heavy atom. The van der Waals surface area contributed by atoms with E-state index in [4.69, 9.17) is 10.5 Å². The SMILES string of the molecule is NCCCOc1ncc(CNC(=O)c2ccc3c(c2)NC(=O)c2ccccc2S3(=O)=O)s1. The molecule has 0 bridgehead atoms. The quantitative estimate of drug-likeness (QED) is 0.448. The maximum atomic E-state index is 13.0. The molecule has 0 fully saturated rings. The number of rotatable bonds is 7. The molecule has 166 valence electrons. The first-order valence-electron chi connectivity index (χ1n) is 9.75. The van der Waals surface area contributed by atoms with Crippen molar-refractivity contribution in [3.8, 4) is 5.19 Å². The predicted molar refractivity (Wildman–Crippen MR) is 119 cm³/mol. The van der Waals surface area contributed by atoms with Gasteiger partial charge in [0.05, 0.1) is 34.2 Å². The van der Waals surface area contributed by atoms with Crippen molar-refractivity contribution in [2.75, 3.05) is 18.5 Å². The standard InChI is InChI=1S/C21H20N4O5S2/c22-8-3-9-30-21-24-12-14(31-21)11-23-19(26)13-6-7-18-16(10-13)25-20(27)15-4-1-2-5-17(15)32(18,28)29/h1-2,4-7,10,12H,3,8-9,11,22H2,(H,23,26)(H,25,27). The summed E-state index contributed by atoms with van der Waals surface area (Å²) in [5.41, 5.74) is 5.77. The largest absolute Gasteiger partial charge is 0.470 e. The Kier molecular flexibility index (Phi) is 6.21. The highest BCUT2D eigenvalue weighted by atomic mass is 32.2. The lowest BCUT2D eigenvalue weighted by Crippen LogP contribution is -2.22. The van der Waals surface area contributed by atoms with Crippen LogP contribution < -0.4 is 21.1 Å². The lowest BCUT2D eigenvalue weighted by Gasteiger charge is -2.10. The predicted octanol–water partition coefficient (Wildman–Crippen LogP) is 2.20. The first-order valence-corrected chi connectivity index (χ1v) is 12.1. The topological polar surface area (TPSA) is 140 Å². The number of amides is 2. The molecule has 0 aliphatic carbocycles. The lowest BCUT2D eigenvalue weighted by atomic mass is 10.1. The van der Waals surface area contributed by atoms with E-state index in [0.29, 0.717) is 18.3 Å². The van der Waals surface area contributed by atoms with Crippen molar-refractivity contribution in [3.05, 3.63) is 64.7 Å². The van der Waals surface area contributed by atoms with E-state index >= 15 is 0 Å². The number of sulfone groups is 1. The van der Waals surface area contributed by atoms with Gasteiger partial charge in [-0.15, -0.1) is 0 Å². The molecule has 1 aliphatic rings. The van der Waals surface area contributed by atoms with E-state index in [1.165, 1.54) is 41.7 Å². The third-order valence-corrected chi connectivity index (χ3v) is 7.51. The van der Waals surface area contributed by atoms with E-state index in [0.717, 1.165) is 11.3 Å². The number of anilines is 1. The van der Waals surface area contributed by atoms with Crippen molar-refractivity contribution in [3.63, 3.8) is 0 Å². The Labute approximate surface area is 188 Å². The minimum atomic E-state index is -3.92. The van der Waals surface area contributed by atoms with E-state index in [9.17, 15) is 18.0 Å². The van der Waals surface area contributed by atoms with Gasteiger partial charge in [0.25, 0.3) is 17.0 Å². The van der Waals surface area contributed by atoms with Gasteiger partial charge in [0, 0.05) is 16.6 Å². The summed E-state index contributed by atoms with van der Waals surface area (Å²) in [4.78, 5) is 30.0. The number of nitrogens with two attached hydrogens (primary N) is 1. The third kappa shape index (κ3) is 4.35. The summed E-state index contributed by atoms with van der Waals surface area (Å²) in [7, 11) is -3.92. The summed E-state index contributed by atoms with van der Waals surface area (Å²) in [5.74, 6) is -0.965. The fourth-order valence-corrected chi connectivity index (χ4v) is 5.46. The number of carbonyl (C=O) groups is 2. The zero-order chi connectivity index (χ0) is 22.7. The second kappa shape index (κ2) is 9.07. The number of hydrogen-bond donors (Lipinski definition) is 3. The molecule has 0 radical (unpaired) electrons. The number of nitrogens with one attached hydrogen (secondary N) is 2. The molecule has 1 aliphatic heterocycles. The third-order valence-electron chi connectivity index (χ3n) is 4.73. The van der Waals surface area contributed by atoms with Gasteiger partial charge in [0.1, 0.15) is 0 Å². The monoisotopic (exact) mass is 472 g/mol. The van der Waals surface area contributed by atoms with Crippen molar-refractivity contribution in [2.45, 2.75) is 22.8 Å². The second-order valence-corrected chi connectivity index (χ2v) is 9.89. The van der Waals surface area contributed by atoms with Crippen LogP contribution >= 0.6 is 11.3 Å². The summed E-state index contributed by atoms with van der Waals surface area (Å²) in [5, 5.41) is 5.86. The summed E-state index contributed by atoms with van der Waals surface area (Å²) >= 11 is 1.31. The van der Waals surface area contributed by atoms with Crippen molar-refractivity contribution < 1.29 is 22.7 Å². The molecule has 2 amide bonds. The molecule has 11 heteroatoms. The molecule has 1 aromatic heterocycles. The maximum absolute atomic E-state index is 13.0. The Morgan fingerprint density at radius 3 is 2.81 bits per heavy atom. The minimum Gasteiger partial charge on any atom is -0.470 e. The Morgan fingerprint density at radius 1 is 1.19 bits per heavy atom. The van der Waals surface area contributed by atoms with Crippen LogP contribution in [0.3, 0.4) is 0 Å². The van der Waals surface area contributed by atoms with Crippen molar-refractivity contribution in [1.29, 1.82) is 0 Å². The van der Waals surface area contributed by atoms with Gasteiger partial charge in [-0.2, -0.15) is 0 Å². The molecule has 4 rings (SSSR count). The minimum absolute atomic E-state index is 0.0596. The van der Waals surface area contributed by atoms with Crippen LogP contribution in [0.1, 0.15) is 32.0 Å². The highest BCUT2D eigenvalue weighted by Crippen LogP contribution is 2.34. The van der Waals surface area contributed by atoms with Crippen LogP contribution in [0.15, 0.2) is 58.5 Å². The molecule has 4 N–H and O–H groups in total. The number of hydrogen-bond acceptors (Lipinski definition) is 8. The summed E-state index contributed by atoms with van der Waals surface area (Å²) < 4.78 is 31.5. The van der Waals surface area contributed by atoms with Gasteiger partial charge in [-0.1, -0.05) is 23.5 Å². The highest BCUT2D eigenvalue weighted by Gasteiger charge is 2.31. The number of carbonyl (C=O) groups excluding carboxylic acids is 2. The van der Waals surface area contributed by atoms with E-state index < -0.39 is 21.7 Å². The van der Waals surface area contributed by atoms with Gasteiger partial charge in [0.2, 0.25) is 9.84 Å². The number of fused-ring (bicyclic) bond motifs is 2. The van der Waals surface area contributed by atoms with E-state index in [1.54, 1.807) is 18.3 Å². The average molecular weight is 473 g/mol. The molecule has 9 nitrogen and oxygen atoms in total. The molecule has 0 saturated carbocycles. The fourth-order valence-electron chi connectivity index (χ4n) is 3.15. The van der Waals surface area contributed by atoms with Gasteiger partial charge in [-0.25, -0.2) is 13.4 Å². The molecule has 32 heavy (non-hydrogen) atoms. The molecule has 3 aromatic rings. The van der Waals surface area contributed by atoms with Crippen LogP contribution in [-0.4, -0.2) is 38.4 Å². The maximum Gasteiger partial charge on any atom is 0.273 e. The zero-order valence-electron chi connectivity index (χ0n) is 16.8. The van der Waals surface area contributed by atoms with Gasteiger partial charge < -0.3 is 21.1 Å². The van der Waals surface area contributed by atoms with Crippen molar-refractivity contribution in [1.82, 2.24) is 10.3 Å². The first kappa shape index (κ1) is 21.9. The first-order chi connectivity index (χ1) is 15.4. The normalized spacial score (nSPS) is 14.0. The average Bonchev–Trinajstić information content (AvgIpc) is 3.22. The molecule has 0 spiro atoms. The molecule has 0 unspecified atom stereocenters. The number of aromatic nitrogens is 1. The second-order valence-electron chi connectivity index (χ2n) is 6.93. The molecule has 0 saturated heterocycles. The van der Waals surface area contributed by atoms with Crippen LogP contribution in [0.4, 0.5) is 5.69 Å². The molecule has 2 aromatic carbocycles. The molecular weight excluding hydrogens is 452 g/mol. The summed E-state index contributed by atoms with van der Waals surface area (Å²) in [6.45, 7) is 1.23. The van der Waals surface area contributed by atoms with Crippen molar-refractivity contribution in [2.24, 2.45) is 5.73 Å². The van der Waals surface area contributed by atoms with Gasteiger partial charge in [-0.05, 0) is 43.3 Å². The fraction of sp³-hybridized carbons (Fsp3) is 0.190. The van der Waals surface area contributed by atoms with Gasteiger partial charge in [0.15, 0.2) is 0 Å². The number of ether oxygens (including phenoxy) is 1. The number of thiazole rings is 1. The van der Waals surface area contributed by atoms with Crippen molar-refractivity contribution >= 4 is 38.7 Å². The molecular formula is C21H20N4O5S2. The lowest BCUT2D eigenvalue weighted by molar-refractivity contribution is 0.0949. The van der Waals surface area contributed by atoms with Crippen LogP contribution in [-0.2, 0) is 16.4 Å². The Bertz CT molecular complexity index is 1290. The van der Waals surface area contributed by atoms with E-state index in [2.05, 4.69) is 15.6 Å². The number of benzene rings is 2. The summed E-state index contributed by atoms with van der Waals surface area (Å²) in [6.07, 6.45) is 2.34. The van der Waals surface area contributed by atoms with Crippen LogP contribution in [0, 0.1) is 0 Å². The summed E-state index contributed by atoms with van der Waals surface area (Å²) in [6, 6.07) is 10.1. The van der Waals surface area contributed by atoms with Crippen LogP contribution in [0.5, 0.6) is 5.19 Å². The Balaban J connectivity index is 1.50. The van der Waals surface area contributed by atoms with Gasteiger partial charge in [-0.3, -0.25) is 9.59 Å². The smallest absolute Gasteiger partial charge is 0.273 e. The van der Waals surface area contributed by atoms with E-state index in [1.807, 2.05) is 0 Å². The molecule has 0 atom stereocenters. The zero-order valence-corrected chi connectivity index (χ0v) is 18.5. The van der Waals surface area contributed by atoms with E-state index in [-0.39, 0.29) is 33.2 Å². The van der Waals surface area contributed by atoms with Gasteiger partial charge >= 0.3 is 0 Å². The Hall–Kier alpha value is -3.28. The van der Waals surface area contributed by atoms with Crippen LogP contribution in [0.25, 0.3) is 0 Å².